The number of hydrogen-bond acceptors (Lipinski definition) is 5. The van der Waals surface area contributed by atoms with Crippen molar-refractivity contribution in [3.05, 3.63) is 119 Å². The van der Waals surface area contributed by atoms with E-state index in [0.717, 1.165) is 9.87 Å². The number of benzene rings is 4. The molecule has 10 heteroatoms. The summed E-state index contributed by atoms with van der Waals surface area (Å²) >= 11 is 5.95. The molecule has 0 saturated heterocycles. The van der Waals surface area contributed by atoms with Gasteiger partial charge in [-0.25, -0.2) is 8.42 Å². The first-order valence-corrected chi connectivity index (χ1v) is 14.4. The van der Waals surface area contributed by atoms with Gasteiger partial charge in [-0.3, -0.25) is 13.9 Å². The summed E-state index contributed by atoms with van der Waals surface area (Å²) in [6.07, 6.45) is -1.18. The second kappa shape index (κ2) is 11.4. The summed E-state index contributed by atoms with van der Waals surface area (Å²) in [7, 11) is -4.04. The molecule has 2 atom stereocenters. The zero-order chi connectivity index (χ0) is 28.3. The van der Waals surface area contributed by atoms with Crippen LogP contribution in [0.15, 0.2) is 108 Å². The van der Waals surface area contributed by atoms with E-state index >= 15 is 0 Å². The van der Waals surface area contributed by atoms with Gasteiger partial charge in [0.1, 0.15) is 5.75 Å². The van der Waals surface area contributed by atoms with Crippen LogP contribution in [0.1, 0.15) is 28.9 Å². The minimum atomic E-state index is -4.04. The van der Waals surface area contributed by atoms with Crippen LogP contribution in [-0.2, 0) is 14.8 Å². The molecule has 2 N–H and O–H groups in total. The minimum absolute atomic E-state index is 0.0299. The van der Waals surface area contributed by atoms with E-state index in [4.69, 9.17) is 16.3 Å². The third-order valence-corrected chi connectivity index (χ3v) is 8.55. The van der Waals surface area contributed by atoms with Crippen LogP contribution >= 0.6 is 11.6 Å². The first-order chi connectivity index (χ1) is 19.2. The van der Waals surface area contributed by atoms with Crippen LogP contribution in [0.3, 0.4) is 0 Å². The zero-order valence-corrected chi connectivity index (χ0v) is 23.0. The number of anilines is 2. The van der Waals surface area contributed by atoms with Crippen molar-refractivity contribution in [3.8, 4) is 5.75 Å². The predicted octanol–water partition coefficient (Wildman–Crippen LogP) is 5.43. The van der Waals surface area contributed by atoms with Crippen molar-refractivity contribution >= 4 is 44.8 Å². The highest BCUT2D eigenvalue weighted by Gasteiger charge is 2.37. The SMILES string of the molecule is C[C@H](NC(=O)c1ccccc1NC(=O)[C@H]1CN(S(=O)(=O)c2ccc(Cl)cc2)c2ccccc2O1)c1ccccc1. The molecule has 8 nitrogen and oxygen atoms in total. The average molecular weight is 576 g/mol. The van der Waals surface area contributed by atoms with Gasteiger partial charge in [-0.1, -0.05) is 66.2 Å². The Morgan fingerprint density at radius 3 is 2.30 bits per heavy atom. The Kier molecular flexibility index (Phi) is 7.77. The Balaban J connectivity index is 1.38. The molecule has 0 saturated carbocycles. The Morgan fingerprint density at radius 2 is 1.55 bits per heavy atom. The molecule has 0 bridgehead atoms. The predicted molar refractivity (Wildman–Crippen MR) is 154 cm³/mol. The lowest BCUT2D eigenvalue weighted by Gasteiger charge is -2.34. The second-order valence-corrected chi connectivity index (χ2v) is 11.5. The molecule has 2 amide bonds. The van der Waals surface area contributed by atoms with Crippen LogP contribution in [0.2, 0.25) is 5.02 Å². The molecule has 4 aromatic rings. The molecule has 1 heterocycles. The van der Waals surface area contributed by atoms with Gasteiger partial charge in [0, 0.05) is 5.02 Å². The van der Waals surface area contributed by atoms with Gasteiger partial charge in [0.2, 0.25) is 0 Å². The Bertz CT molecular complexity index is 1650. The van der Waals surface area contributed by atoms with Crippen LogP contribution in [-0.4, -0.2) is 32.9 Å². The minimum Gasteiger partial charge on any atom is -0.476 e. The van der Waals surface area contributed by atoms with Gasteiger partial charge in [0.15, 0.2) is 6.10 Å². The van der Waals surface area contributed by atoms with Gasteiger partial charge in [-0.15, -0.1) is 0 Å². The van der Waals surface area contributed by atoms with E-state index in [2.05, 4.69) is 10.6 Å². The van der Waals surface area contributed by atoms with Gasteiger partial charge in [0.25, 0.3) is 21.8 Å². The van der Waals surface area contributed by atoms with Gasteiger partial charge < -0.3 is 15.4 Å². The smallest absolute Gasteiger partial charge is 0.267 e. The monoisotopic (exact) mass is 575 g/mol. The number of para-hydroxylation sites is 3. The van der Waals surface area contributed by atoms with Crippen LogP contribution in [0.25, 0.3) is 0 Å². The highest BCUT2D eigenvalue weighted by molar-refractivity contribution is 7.92. The normalized spacial score (nSPS) is 15.3. The Labute approximate surface area is 237 Å². The fourth-order valence-corrected chi connectivity index (χ4v) is 6.00. The maximum Gasteiger partial charge on any atom is 0.267 e. The number of amides is 2. The van der Waals surface area contributed by atoms with E-state index in [1.54, 1.807) is 48.5 Å². The first kappa shape index (κ1) is 27.2. The van der Waals surface area contributed by atoms with E-state index in [-0.39, 0.29) is 40.4 Å². The highest BCUT2D eigenvalue weighted by atomic mass is 35.5. The topological polar surface area (TPSA) is 105 Å². The third-order valence-electron chi connectivity index (χ3n) is 6.51. The van der Waals surface area contributed by atoms with Crippen molar-refractivity contribution in [2.24, 2.45) is 0 Å². The van der Waals surface area contributed by atoms with Gasteiger partial charge in [-0.2, -0.15) is 0 Å². The summed E-state index contributed by atoms with van der Waals surface area (Å²) in [5, 5.41) is 6.11. The number of halogens is 1. The number of nitrogens with one attached hydrogen (secondary N) is 2. The van der Waals surface area contributed by atoms with E-state index in [9.17, 15) is 18.0 Å². The Morgan fingerprint density at radius 1 is 0.900 bits per heavy atom. The molecule has 4 aromatic carbocycles. The molecule has 40 heavy (non-hydrogen) atoms. The van der Waals surface area contributed by atoms with E-state index < -0.39 is 22.0 Å². The van der Waals surface area contributed by atoms with Crippen molar-refractivity contribution in [3.63, 3.8) is 0 Å². The molecule has 0 radical (unpaired) electrons. The highest BCUT2D eigenvalue weighted by Crippen LogP contribution is 2.37. The van der Waals surface area contributed by atoms with Crippen LogP contribution in [0, 0.1) is 0 Å². The molecule has 0 aliphatic carbocycles. The molecular formula is C30H26ClN3O5S. The number of hydrogen-bond donors (Lipinski definition) is 2. The van der Waals surface area contributed by atoms with Crippen LogP contribution < -0.4 is 19.7 Å². The molecule has 0 unspecified atom stereocenters. The van der Waals surface area contributed by atoms with Crippen molar-refractivity contribution in [1.82, 2.24) is 5.32 Å². The molecule has 1 aliphatic heterocycles. The average Bonchev–Trinajstić information content (AvgIpc) is 2.97. The van der Waals surface area contributed by atoms with E-state index in [0.29, 0.717) is 10.7 Å². The third kappa shape index (κ3) is 5.66. The molecule has 5 rings (SSSR count). The molecule has 0 fully saturated rings. The number of rotatable bonds is 7. The number of carbonyl (C=O) groups is 2. The number of carbonyl (C=O) groups excluding carboxylic acids is 2. The maximum absolute atomic E-state index is 13.6. The lowest BCUT2D eigenvalue weighted by Crippen LogP contribution is -2.49. The molecule has 0 aromatic heterocycles. The first-order valence-electron chi connectivity index (χ1n) is 12.5. The van der Waals surface area contributed by atoms with Crippen molar-refractivity contribution in [2.75, 3.05) is 16.2 Å². The molecule has 204 valence electrons. The largest absolute Gasteiger partial charge is 0.476 e. The summed E-state index contributed by atoms with van der Waals surface area (Å²) in [5.41, 5.74) is 1.80. The molecular weight excluding hydrogens is 550 g/mol. The number of nitrogens with zero attached hydrogens (tertiary/aromatic N) is 1. The summed E-state index contributed by atoms with van der Waals surface area (Å²) in [4.78, 5) is 26.6. The van der Waals surface area contributed by atoms with Crippen LogP contribution in [0.4, 0.5) is 11.4 Å². The number of ether oxygens (including phenoxy) is 1. The standard InChI is InChI=1S/C30H26ClN3O5S/c1-20(21-9-3-2-4-10-21)32-29(35)24-11-5-6-12-25(24)33-30(36)28-19-34(26-13-7-8-14-27(26)39-28)40(37,38)23-17-15-22(31)16-18-23/h2-18,20,28H,19H2,1H3,(H,32,35)(H,33,36)/t20-,28+/m0/s1. The lowest BCUT2D eigenvalue weighted by atomic mass is 10.1. The van der Waals surface area contributed by atoms with Crippen molar-refractivity contribution in [2.45, 2.75) is 24.0 Å². The number of fused-ring (bicyclic) bond motifs is 1. The quantitative estimate of drug-likeness (QED) is 0.306. The fraction of sp³-hybridized carbons (Fsp3) is 0.133. The molecule has 1 aliphatic rings. The maximum atomic E-state index is 13.6. The van der Waals surface area contributed by atoms with Gasteiger partial charge in [0.05, 0.1) is 34.4 Å². The zero-order valence-electron chi connectivity index (χ0n) is 21.5. The van der Waals surface area contributed by atoms with E-state index in [1.807, 2.05) is 37.3 Å². The van der Waals surface area contributed by atoms with Gasteiger partial charge in [-0.05, 0) is 61.0 Å². The Hall–Kier alpha value is -4.34. The lowest BCUT2D eigenvalue weighted by molar-refractivity contribution is -0.122. The summed E-state index contributed by atoms with van der Waals surface area (Å²) in [6, 6.07) is 28.3. The van der Waals surface area contributed by atoms with Crippen LogP contribution in [0.5, 0.6) is 5.75 Å². The fourth-order valence-electron chi connectivity index (χ4n) is 4.40. The summed E-state index contributed by atoms with van der Waals surface area (Å²) in [5.74, 6) is -0.717. The van der Waals surface area contributed by atoms with Crippen molar-refractivity contribution < 1.29 is 22.7 Å². The second-order valence-electron chi connectivity index (χ2n) is 9.20. The van der Waals surface area contributed by atoms with Gasteiger partial charge >= 0.3 is 0 Å². The number of sulfonamides is 1. The molecule has 0 spiro atoms. The van der Waals surface area contributed by atoms with Crippen molar-refractivity contribution in [1.29, 1.82) is 0 Å². The summed E-state index contributed by atoms with van der Waals surface area (Å²) < 4.78 is 34.3. The summed E-state index contributed by atoms with van der Waals surface area (Å²) in [6.45, 7) is 1.60. The van der Waals surface area contributed by atoms with E-state index in [1.165, 1.54) is 24.3 Å².